The minimum absolute atomic E-state index is 0.799. The maximum absolute atomic E-state index is 4.68. The molecule has 0 amide bonds. The number of hydrogen-bond acceptors (Lipinski definition) is 3. The highest BCUT2D eigenvalue weighted by molar-refractivity contribution is 5.77. The fourth-order valence-corrected chi connectivity index (χ4v) is 2.48. The van der Waals surface area contributed by atoms with Gasteiger partial charge in [-0.3, -0.25) is 0 Å². The number of aromatic nitrogens is 3. The van der Waals surface area contributed by atoms with Crippen molar-refractivity contribution in [2.24, 2.45) is 7.05 Å². The molecular formula is C16H18N4. The third-order valence-electron chi connectivity index (χ3n) is 3.56. The molecular weight excluding hydrogens is 248 g/mol. The van der Waals surface area contributed by atoms with Crippen LogP contribution in [0.3, 0.4) is 0 Å². The van der Waals surface area contributed by atoms with Gasteiger partial charge in [-0.15, -0.1) is 0 Å². The molecule has 1 aromatic carbocycles. The largest absolute Gasteiger partial charge is 0.326 e. The van der Waals surface area contributed by atoms with E-state index < -0.39 is 0 Å². The predicted molar refractivity (Wildman–Crippen MR) is 81.6 cm³/mol. The topological polar surface area (TPSA) is 42.7 Å². The van der Waals surface area contributed by atoms with Crippen LogP contribution < -0.4 is 5.32 Å². The lowest BCUT2D eigenvalue weighted by Crippen LogP contribution is -2.11. The van der Waals surface area contributed by atoms with E-state index in [1.54, 1.807) is 6.20 Å². The van der Waals surface area contributed by atoms with Crippen LogP contribution in [0.2, 0.25) is 0 Å². The smallest absolute Gasteiger partial charge is 0.178 e. The number of imidazole rings is 1. The number of likely N-dealkylation sites (N-methyl/N-ethyl adjacent to an activating group) is 1. The van der Waals surface area contributed by atoms with Gasteiger partial charge in [0.25, 0.3) is 0 Å². The normalized spacial score (nSPS) is 11.1. The predicted octanol–water partition coefficient (Wildman–Crippen LogP) is 2.40. The van der Waals surface area contributed by atoms with Crippen molar-refractivity contribution < 1.29 is 0 Å². The lowest BCUT2D eigenvalue weighted by atomic mass is 10.0. The van der Waals surface area contributed by atoms with Crippen LogP contribution in [0.15, 0.2) is 42.6 Å². The van der Waals surface area contributed by atoms with E-state index in [0.29, 0.717) is 0 Å². The van der Waals surface area contributed by atoms with Crippen molar-refractivity contribution in [3.05, 3.63) is 48.2 Å². The number of rotatable bonds is 4. The van der Waals surface area contributed by atoms with E-state index in [1.807, 2.05) is 20.2 Å². The van der Waals surface area contributed by atoms with Crippen LogP contribution in [-0.2, 0) is 13.5 Å². The summed E-state index contributed by atoms with van der Waals surface area (Å²) in [6.45, 7) is 0.958. The van der Waals surface area contributed by atoms with Crippen molar-refractivity contribution in [2.75, 3.05) is 13.6 Å². The molecule has 102 valence electrons. The molecule has 3 rings (SSSR count). The van der Waals surface area contributed by atoms with Gasteiger partial charge in [0.05, 0.1) is 5.52 Å². The second kappa shape index (κ2) is 5.43. The van der Waals surface area contributed by atoms with Crippen LogP contribution in [0.25, 0.3) is 22.6 Å². The van der Waals surface area contributed by atoms with Gasteiger partial charge in [-0.2, -0.15) is 0 Å². The van der Waals surface area contributed by atoms with Gasteiger partial charge in [0.2, 0.25) is 0 Å². The van der Waals surface area contributed by atoms with Crippen LogP contribution in [0, 0.1) is 0 Å². The monoisotopic (exact) mass is 266 g/mol. The average molecular weight is 266 g/mol. The quantitative estimate of drug-likeness (QED) is 0.788. The highest BCUT2D eigenvalue weighted by Crippen LogP contribution is 2.25. The molecule has 0 fully saturated rings. The molecule has 0 unspecified atom stereocenters. The minimum Gasteiger partial charge on any atom is -0.326 e. The summed E-state index contributed by atoms with van der Waals surface area (Å²) >= 11 is 0. The van der Waals surface area contributed by atoms with Gasteiger partial charge in [-0.1, -0.05) is 24.3 Å². The zero-order chi connectivity index (χ0) is 13.9. The van der Waals surface area contributed by atoms with E-state index >= 15 is 0 Å². The van der Waals surface area contributed by atoms with Gasteiger partial charge >= 0.3 is 0 Å². The Morgan fingerprint density at radius 2 is 2.00 bits per heavy atom. The van der Waals surface area contributed by atoms with Crippen LogP contribution in [0.5, 0.6) is 0 Å². The molecule has 0 spiro atoms. The zero-order valence-corrected chi connectivity index (χ0v) is 11.8. The first kappa shape index (κ1) is 12.8. The second-order valence-electron chi connectivity index (χ2n) is 4.85. The molecule has 0 aliphatic rings. The van der Waals surface area contributed by atoms with E-state index in [-0.39, 0.29) is 0 Å². The summed E-state index contributed by atoms with van der Waals surface area (Å²) in [5.74, 6) is 0.977. The Labute approximate surface area is 118 Å². The third-order valence-corrected chi connectivity index (χ3v) is 3.56. The van der Waals surface area contributed by atoms with Crippen molar-refractivity contribution in [3.63, 3.8) is 0 Å². The Bertz CT molecular complexity index is 730. The Hall–Kier alpha value is -2.20. The van der Waals surface area contributed by atoms with Gasteiger partial charge in [0.1, 0.15) is 5.82 Å². The molecule has 2 aromatic heterocycles. The number of fused-ring (bicyclic) bond motifs is 1. The summed E-state index contributed by atoms with van der Waals surface area (Å²) in [6.07, 6.45) is 2.77. The maximum Gasteiger partial charge on any atom is 0.178 e. The number of benzene rings is 1. The molecule has 20 heavy (non-hydrogen) atoms. The summed E-state index contributed by atoms with van der Waals surface area (Å²) in [5.41, 5.74) is 4.35. The molecule has 2 heterocycles. The number of aryl methyl sites for hydroxylation is 1. The Kier molecular flexibility index (Phi) is 3.48. The standard InChI is InChI=1S/C16H18N4/c1-17-11-9-12-6-3-4-7-13(12)16-19-15-14(20(16)2)8-5-10-18-15/h3-8,10,17H,9,11H2,1-2H3. The van der Waals surface area contributed by atoms with E-state index in [0.717, 1.165) is 30.0 Å². The first-order valence-corrected chi connectivity index (χ1v) is 6.81. The molecule has 4 heteroatoms. The molecule has 3 aromatic rings. The Morgan fingerprint density at radius 1 is 1.15 bits per heavy atom. The lowest BCUT2D eigenvalue weighted by Gasteiger charge is -2.09. The first-order chi connectivity index (χ1) is 9.81. The summed E-state index contributed by atoms with van der Waals surface area (Å²) in [6, 6.07) is 12.4. The fourth-order valence-electron chi connectivity index (χ4n) is 2.48. The van der Waals surface area contributed by atoms with Crippen molar-refractivity contribution in [1.82, 2.24) is 19.9 Å². The molecule has 0 radical (unpaired) electrons. The van der Waals surface area contributed by atoms with Crippen LogP contribution >= 0.6 is 0 Å². The third kappa shape index (κ3) is 2.18. The van der Waals surface area contributed by atoms with E-state index in [2.05, 4.69) is 50.2 Å². The number of nitrogens with zero attached hydrogens (tertiary/aromatic N) is 3. The summed E-state index contributed by atoms with van der Waals surface area (Å²) < 4.78 is 2.11. The van der Waals surface area contributed by atoms with Crippen molar-refractivity contribution in [3.8, 4) is 11.4 Å². The number of hydrogen-bond donors (Lipinski definition) is 1. The number of nitrogens with one attached hydrogen (secondary N) is 1. The van der Waals surface area contributed by atoms with Crippen molar-refractivity contribution in [2.45, 2.75) is 6.42 Å². The SMILES string of the molecule is CNCCc1ccccc1-c1nc2ncccc2n1C. The zero-order valence-electron chi connectivity index (χ0n) is 11.8. The molecule has 0 atom stereocenters. The average Bonchev–Trinajstić information content (AvgIpc) is 2.83. The van der Waals surface area contributed by atoms with E-state index in [4.69, 9.17) is 0 Å². The maximum atomic E-state index is 4.68. The second-order valence-corrected chi connectivity index (χ2v) is 4.85. The highest BCUT2D eigenvalue weighted by atomic mass is 15.1. The summed E-state index contributed by atoms with van der Waals surface area (Å²) in [7, 11) is 4.02. The first-order valence-electron chi connectivity index (χ1n) is 6.81. The van der Waals surface area contributed by atoms with Crippen LogP contribution in [-0.4, -0.2) is 28.1 Å². The molecule has 4 nitrogen and oxygen atoms in total. The van der Waals surface area contributed by atoms with Crippen LogP contribution in [0.1, 0.15) is 5.56 Å². The molecule has 0 aliphatic heterocycles. The van der Waals surface area contributed by atoms with Gasteiger partial charge < -0.3 is 9.88 Å². The van der Waals surface area contributed by atoms with E-state index in [9.17, 15) is 0 Å². The molecule has 0 aliphatic carbocycles. The molecule has 1 N–H and O–H groups in total. The summed E-state index contributed by atoms with van der Waals surface area (Å²) in [5, 5.41) is 3.20. The van der Waals surface area contributed by atoms with Gasteiger partial charge in [-0.25, -0.2) is 9.97 Å². The Morgan fingerprint density at radius 3 is 2.80 bits per heavy atom. The molecule has 0 saturated heterocycles. The van der Waals surface area contributed by atoms with Gasteiger partial charge in [-0.05, 0) is 37.7 Å². The lowest BCUT2D eigenvalue weighted by molar-refractivity contribution is 0.791. The van der Waals surface area contributed by atoms with Crippen molar-refractivity contribution >= 4 is 11.2 Å². The van der Waals surface area contributed by atoms with Gasteiger partial charge in [0.15, 0.2) is 5.65 Å². The van der Waals surface area contributed by atoms with Crippen LogP contribution in [0.4, 0.5) is 0 Å². The number of pyridine rings is 1. The fraction of sp³-hybridized carbons (Fsp3) is 0.250. The Balaban J connectivity index is 2.13. The molecule has 0 bridgehead atoms. The molecule has 0 saturated carbocycles. The van der Waals surface area contributed by atoms with E-state index in [1.165, 1.54) is 11.1 Å². The minimum atomic E-state index is 0.799. The van der Waals surface area contributed by atoms with Crippen molar-refractivity contribution in [1.29, 1.82) is 0 Å². The highest BCUT2D eigenvalue weighted by Gasteiger charge is 2.13. The van der Waals surface area contributed by atoms with Gasteiger partial charge in [0, 0.05) is 18.8 Å². The summed E-state index contributed by atoms with van der Waals surface area (Å²) in [4.78, 5) is 9.02.